The molecule has 0 saturated heterocycles. The van der Waals surface area contributed by atoms with E-state index in [0.29, 0.717) is 0 Å². The average molecular weight is 416 g/mol. The van der Waals surface area contributed by atoms with E-state index in [4.69, 9.17) is 0 Å². The summed E-state index contributed by atoms with van der Waals surface area (Å²) in [4.78, 5) is 0. The highest BCUT2D eigenvalue weighted by Crippen LogP contribution is 2.20. The lowest BCUT2D eigenvalue weighted by Crippen LogP contribution is -2.49. The van der Waals surface area contributed by atoms with Gasteiger partial charge in [-0.25, -0.2) is 0 Å². The summed E-state index contributed by atoms with van der Waals surface area (Å²) in [6, 6.07) is 9.36. The van der Waals surface area contributed by atoms with Gasteiger partial charge in [-0.1, -0.05) is 86.9 Å². The van der Waals surface area contributed by atoms with Crippen molar-refractivity contribution in [3.63, 3.8) is 0 Å². The molecule has 2 heteroatoms. The number of halogens is 1. The second-order valence-electron chi connectivity index (χ2n) is 6.68. The van der Waals surface area contributed by atoms with E-state index < -0.39 is 0 Å². The van der Waals surface area contributed by atoms with Gasteiger partial charge in [-0.2, -0.15) is 0 Å². The number of alkyl halides is 1. The number of rotatable bonds is 12. The number of unbranched alkanes of at least 4 members (excludes halogenated alkanes) is 3. The minimum Gasteiger partial charge on any atom is -0.320 e. The molecule has 0 heterocycles. The molecule has 0 atom stereocenters. The summed E-state index contributed by atoms with van der Waals surface area (Å²) < 4.78 is 2.42. The summed E-state index contributed by atoms with van der Waals surface area (Å²) in [7, 11) is 0. The number of hydrogen-bond donors (Lipinski definition) is 0. The molecule has 0 aliphatic heterocycles. The fourth-order valence-corrected chi connectivity index (χ4v) is 3.68. The van der Waals surface area contributed by atoms with Crippen molar-refractivity contribution < 1.29 is 4.48 Å². The van der Waals surface area contributed by atoms with E-state index in [1.807, 2.05) is 0 Å². The zero-order valence-electron chi connectivity index (χ0n) is 14.9. The fraction of sp³-hybridized carbons (Fsp3) is 0.700. The molecule has 0 radical (unpaired) electrons. The molecule has 1 rings (SSSR count). The van der Waals surface area contributed by atoms with Crippen LogP contribution < -0.4 is 0 Å². The third-order valence-corrected chi connectivity index (χ3v) is 5.53. The molecule has 0 bridgehead atoms. The zero-order valence-corrected chi connectivity index (χ0v) is 17.1. The summed E-state index contributed by atoms with van der Waals surface area (Å²) in [5, 5.41) is 0. The van der Waals surface area contributed by atoms with Crippen molar-refractivity contribution >= 4 is 22.6 Å². The maximum absolute atomic E-state index is 2.44. The van der Waals surface area contributed by atoms with Crippen LogP contribution in [0.2, 0.25) is 0 Å². The van der Waals surface area contributed by atoms with Crippen molar-refractivity contribution in [1.82, 2.24) is 0 Å². The van der Waals surface area contributed by atoms with Gasteiger partial charge in [0.1, 0.15) is 6.54 Å². The Morgan fingerprint density at radius 3 is 1.50 bits per heavy atom. The Morgan fingerprint density at radius 2 is 1.14 bits per heavy atom. The Hall–Kier alpha value is -0.0900. The van der Waals surface area contributed by atoms with Crippen LogP contribution in [-0.4, -0.2) is 24.1 Å². The molecule has 0 unspecified atom stereocenters. The van der Waals surface area contributed by atoms with Gasteiger partial charge >= 0.3 is 0 Å². The van der Waals surface area contributed by atoms with Crippen LogP contribution in [0.25, 0.3) is 0 Å². The van der Waals surface area contributed by atoms with E-state index in [-0.39, 0.29) is 0 Å². The predicted octanol–water partition coefficient (Wildman–Crippen LogP) is 6.34. The van der Waals surface area contributed by atoms with E-state index in [1.54, 1.807) is 0 Å². The van der Waals surface area contributed by atoms with Crippen molar-refractivity contribution in [3.8, 4) is 0 Å². The van der Waals surface area contributed by atoms with Gasteiger partial charge in [0, 0.05) is 9.99 Å². The lowest BCUT2D eigenvalue weighted by atomic mass is 10.1. The van der Waals surface area contributed by atoms with E-state index >= 15 is 0 Å². The lowest BCUT2D eigenvalue weighted by molar-refractivity contribution is -0.941. The van der Waals surface area contributed by atoms with Crippen LogP contribution in [0.15, 0.2) is 24.3 Å². The summed E-state index contributed by atoms with van der Waals surface area (Å²) in [6.07, 6.45) is 8.02. The first-order valence-corrected chi connectivity index (χ1v) is 10.7. The normalized spacial score (nSPS) is 11.8. The summed E-state index contributed by atoms with van der Waals surface area (Å²) >= 11 is 2.44. The van der Waals surface area contributed by atoms with Gasteiger partial charge in [-0.3, -0.25) is 0 Å². The molecule has 1 nitrogen and oxygen atoms in total. The van der Waals surface area contributed by atoms with Crippen LogP contribution in [-0.2, 0) is 11.0 Å². The summed E-state index contributed by atoms with van der Waals surface area (Å²) in [6.45, 7) is 12.2. The number of hydrogen-bond acceptors (Lipinski definition) is 0. The first-order chi connectivity index (χ1) is 10.7. The molecular formula is C20H35IN+. The molecule has 0 aliphatic rings. The van der Waals surface area contributed by atoms with Crippen LogP contribution in [0.1, 0.15) is 70.4 Å². The molecule has 1 aromatic carbocycles. The second-order valence-corrected chi connectivity index (χ2v) is 7.44. The highest BCUT2D eigenvalue weighted by Gasteiger charge is 2.26. The molecule has 0 spiro atoms. The number of nitrogens with zero attached hydrogens (tertiary/aromatic N) is 1. The topological polar surface area (TPSA) is 0 Å². The Kier molecular flexibility index (Phi) is 10.4. The summed E-state index contributed by atoms with van der Waals surface area (Å²) in [5.41, 5.74) is 2.97. The minimum absolute atomic E-state index is 1.11. The van der Waals surface area contributed by atoms with Gasteiger partial charge in [0.2, 0.25) is 0 Å². The highest BCUT2D eigenvalue weighted by atomic mass is 127. The SMILES string of the molecule is CCCC[N+](CCCC)(CCCC)Cc1ccc(CI)cc1. The molecule has 0 saturated carbocycles. The standard InChI is InChI=1S/C20H35IN/c1-4-7-14-22(15-8-5-2,16-9-6-3)18-20-12-10-19(17-21)11-13-20/h10-13H,4-9,14-18H2,1-3H3/q+1. The molecule has 126 valence electrons. The van der Waals surface area contributed by atoms with Crippen molar-refractivity contribution in [2.24, 2.45) is 0 Å². The van der Waals surface area contributed by atoms with Gasteiger partial charge in [0.05, 0.1) is 19.6 Å². The van der Waals surface area contributed by atoms with Gasteiger partial charge in [0.25, 0.3) is 0 Å². The van der Waals surface area contributed by atoms with Gasteiger partial charge in [-0.15, -0.1) is 0 Å². The van der Waals surface area contributed by atoms with Crippen LogP contribution in [0.5, 0.6) is 0 Å². The Morgan fingerprint density at radius 1 is 0.727 bits per heavy atom. The molecule has 0 amide bonds. The molecular weight excluding hydrogens is 381 g/mol. The van der Waals surface area contributed by atoms with Crippen LogP contribution in [0.4, 0.5) is 0 Å². The van der Waals surface area contributed by atoms with Crippen LogP contribution in [0, 0.1) is 0 Å². The first kappa shape index (κ1) is 20.0. The molecule has 22 heavy (non-hydrogen) atoms. The quantitative estimate of drug-likeness (QED) is 0.212. The maximum Gasteiger partial charge on any atom is 0.104 e. The molecule has 0 aromatic heterocycles. The van der Waals surface area contributed by atoms with Gasteiger partial charge in [0.15, 0.2) is 0 Å². The third-order valence-electron chi connectivity index (χ3n) is 4.65. The smallest absolute Gasteiger partial charge is 0.104 e. The predicted molar refractivity (Wildman–Crippen MR) is 107 cm³/mol. The number of quaternary nitrogens is 1. The third kappa shape index (κ3) is 6.99. The van der Waals surface area contributed by atoms with E-state index in [1.165, 1.54) is 80.3 Å². The lowest BCUT2D eigenvalue weighted by Gasteiger charge is -2.39. The average Bonchev–Trinajstić information content (AvgIpc) is 2.56. The van der Waals surface area contributed by atoms with Crippen molar-refractivity contribution in [2.75, 3.05) is 19.6 Å². The minimum atomic E-state index is 1.11. The second kappa shape index (κ2) is 11.4. The van der Waals surface area contributed by atoms with Gasteiger partial charge < -0.3 is 4.48 Å². The first-order valence-electron chi connectivity index (χ1n) is 9.18. The Balaban J connectivity index is 2.87. The van der Waals surface area contributed by atoms with E-state index in [9.17, 15) is 0 Å². The van der Waals surface area contributed by atoms with Crippen LogP contribution >= 0.6 is 22.6 Å². The van der Waals surface area contributed by atoms with E-state index in [2.05, 4.69) is 67.6 Å². The summed E-state index contributed by atoms with van der Waals surface area (Å²) in [5.74, 6) is 0. The van der Waals surface area contributed by atoms with Crippen LogP contribution in [0.3, 0.4) is 0 Å². The Labute approximate surface area is 152 Å². The Bertz CT molecular complexity index is 363. The molecule has 1 aromatic rings. The van der Waals surface area contributed by atoms with E-state index in [0.717, 1.165) is 4.43 Å². The van der Waals surface area contributed by atoms with Gasteiger partial charge in [-0.05, 0) is 24.8 Å². The monoisotopic (exact) mass is 416 g/mol. The van der Waals surface area contributed by atoms with Crippen molar-refractivity contribution in [1.29, 1.82) is 0 Å². The highest BCUT2D eigenvalue weighted by molar-refractivity contribution is 14.1. The zero-order chi connectivity index (χ0) is 16.3. The molecule has 0 N–H and O–H groups in total. The van der Waals surface area contributed by atoms with Crippen molar-refractivity contribution in [3.05, 3.63) is 35.4 Å². The number of benzene rings is 1. The largest absolute Gasteiger partial charge is 0.320 e. The van der Waals surface area contributed by atoms with Crippen molar-refractivity contribution in [2.45, 2.75) is 70.3 Å². The maximum atomic E-state index is 2.44. The molecule has 0 fully saturated rings. The fourth-order valence-electron chi connectivity index (χ4n) is 3.17. The molecule has 0 aliphatic carbocycles.